The Labute approximate surface area is 126 Å². The van der Waals surface area contributed by atoms with Gasteiger partial charge in [0.1, 0.15) is 0 Å². The number of likely N-dealkylation sites (tertiary alicyclic amines) is 1. The minimum Gasteiger partial charge on any atom is -0.341 e. The van der Waals surface area contributed by atoms with Crippen molar-refractivity contribution in [2.45, 2.75) is 38.6 Å². The Morgan fingerprint density at radius 1 is 1.55 bits per heavy atom. The lowest BCUT2D eigenvalue weighted by atomic mass is 10.0. The molecule has 0 spiro atoms. The zero-order valence-electron chi connectivity index (χ0n) is 12.2. The second-order valence-corrected chi connectivity index (χ2v) is 5.98. The van der Waals surface area contributed by atoms with Crippen LogP contribution in [-0.2, 0) is 4.79 Å². The fraction of sp³-hybridized carbons (Fsp3) is 0.562. The highest BCUT2D eigenvalue weighted by Crippen LogP contribution is 2.19. The monoisotopic (exact) mass is 294 g/mol. The van der Waals surface area contributed by atoms with Gasteiger partial charge in [-0.15, -0.1) is 0 Å². The predicted octanol–water partition coefficient (Wildman–Crippen LogP) is 3.04. The van der Waals surface area contributed by atoms with Crippen LogP contribution in [0, 0.1) is 0 Å². The van der Waals surface area contributed by atoms with Crippen molar-refractivity contribution in [2.24, 2.45) is 0 Å². The van der Waals surface area contributed by atoms with Crippen LogP contribution in [0.15, 0.2) is 24.3 Å². The van der Waals surface area contributed by atoms with E-state index in [1.54, 1.807) is 0 Å². The molecule has 1 aromatic carbocycles. The molecular weight excluding hydrogens is 272 g/mol. The normalized spacial score (nSPS) is 20.1. The molecule has 4 heteroatoms. The summed E-state index contributed by atoms with van der Waals surface area (Å²) in [5.74, 6) is 0.682. The zero-order valence-corrected chi connectivity index (χ0v) is 13.0. The number of nitrogens with one attached hydrogen (secondary N) is 1. The maximum Gasteiger partial charge on any atom is 0.222 e. The Balaban J connectivity index is 1.80. The second-order valence-electron chi connectivity index (χ2n) is 5.54. The maximum absolute atomic E-state index is 11.6. The molecule has 2 atom stereocenters. The van der Waals surface area contributed by atoms with Crippen LogP contribution in [-0.4, -0.2) is 36.5 Å². The lowest BCUT2D eigenvalue weighted by Gasteiger charge is -2.19. The van der Waals surface area contributed by atoms with Gasteiger partial charge in [-0.3, -0.25) is 4.79 Å². The Hall–Kier alpha value is -1.06. The van der Waals surface area contributed by atoms with Crippen molar-refractivity contribution in [3.05, 3.63) is 34.9 Å². The molecule has 1 aromatic rings. The van der Waals surface area contributed by atoms with Crippen molar-refractivity contribution in [3.63, 3.8) is 0 Å². The van der Waals surface area contributed by atoms with Gasteiger partial charge in [-0.05, 0) is 30.0 Å². The van der Waals surface area contributed by atoms with E-state index in [0.717, 1.165) is 31.1 Å². The first-order chi connectivity index (χ1) is 9.60. The van der Waals surface area contributed by atoms with Crippen molar-refractivity contribution in [1.82, 2.24) is 10.2 Å². The van der Waals surface area contributed by atoms with E-state index in [4.69, 9.17) is 11.6 Å². The summed E-state index contributed by atoms with van der Waals surface area (Å²) in [5, 5.41) is 4.36. The predicted molar refractivity (Wildman–Crippen MR) is 83.1 cm³/mol. The van der Waals surface area contributed by atoms with Crippen LogP contribution in [0.3, 0.4) is 0 Å². The highest BCUT2D eigenvalue weighted by Gasteiger charge is 2.25. The first-order valence-corrected chi connectivity index (χ1v) is 7.74. The molecule has 1 N–H and O–H groups in total. The van der Waals surface area contributed by atoms with E-state index in [1.165, 1.54) is 5.56 Å². The number of hydrogen-bond acceptors (Lipinski definition) is 2. The van der Waals surface area contributed by atoms with Gasteiger partial charge in [-0.1, -0.05) is 37.6 Å². The third kappa shape index (κ3) is 3.97. The fourth-order valence-electron chi connectivity index (χ4n) is 2.65. The number of carbonyl (C=O) groups excluding carboxylic acids is 1. The molecular formula is C16H23ClN2O. The van der Waals surface area contributed by atoms with Crippen LogP contribution >= 0.6 is 11.6 Å². The van der Waals surface area contributed by atoms with Gasteiger partial charge in [0.05, 0.1) is 0 Å². The van der Waals surface area contributed by atoms with Gasteiger partial charge in [0.15, 0.2) is 0 Å². The smallest absolute Gasteiger partial charge is 0.222 e. The Bertz CT molecular complexity index is 464. The highest BCUT2D eigenvalue weighted by atomic mass is 35.5. The van der Waals surface area contributed by atoms with Crippen LogP contribution in [0.2, 0.25) is 5.02 Å². The summed E-state index contributed by atoms with van der Waals surface area (Å²) in [6, 6.07) is 8.45. The van der Waals surface area contributed by atoms with Crippen LogP contribution in [0.4, 0.5) is 0 Å². The van der Waals surface area contributed by atoms with Crippen molar-refractivity contribution in [2.75, 3.05) is 19.6 Å². The average molecular weight is 295 g/mol. The summed E-state index contributed by atoms with van der Waals surface area (Å²) >= 11 is 6.02. The molecule has 1 amide bonds. The SMILES string of the molecule is CCC(=O)N1CCC(NCC(C)c2cccc(Cl)c2)C1. The van der Waals surface area contributed by atoms with Gasteiger partial charge < -0.3 is 10.2 Å². The van der Waals surface area contributed by atoms with Gasteiger partial charge in [0, 0.05) is 37.1 Å². The number of hydrogen-bond donors (Lipinski definition) is 1. The minimum atomic E-state index is 0.261. The maximum atomic E-state index is 11.6. The second kappa shape index (κ2) is 7.09. The summed E-state index contributed by atoms with van der Waals surface area (Å²) in [4.78, 5) is 13.6. The number of nitrogens with zero attached hydrogens (tertiary/aromatic N) is 1. The lowest BCUT2D eigenvalue weighted by Crippen LogP contribution is -2.36. The van der Waals surface area contributed by atoms with Crippen molar-refractivity contribution in [1.29, 1.82) is 0 Å². The summed E-state index contributed by atoms with van der Waals surface area (Å²) in [6.45, 7) is 6.76. The van der Waals surface area contributed by atoms with E-state index in [2.05, 4.69) is 18.3 Å². The molecule has 0 bridgehead atoms. The largest absolute Gasteiger partial charge is 0.341 e. The molecule has 1 saturated heterocycles. The van der Waals surface area contributed by atoms with Gasteiger partial charge >= 0.3 is 0 Å². The first-order valence-electron chi connectivity index (χ1n) is 7.36. The lowest BCUT2D eigenvalue weighted by molar-refractivity contribution is -0.129. The molecule has 1 heterocycles. The van der Waals surface area contributed by atoms with Gasteiger partial charge in [-0.25, -0.2) is 0 Å². The highest BCUT2D eigenvalue weighted by molar-refractivity contribution is 6.30. The zero-order chi connectivity index (χ0) is 14.5. The topological polar surface area (TPSA) is 32.3 Å². The number of rotatable bonds is 5. The minimum absolute atomic E-state index is 0.261. The summed E-state index contributed by atoms with van der Waals surface area (Å²) < 4.78 is 0. The molecule has 110 valence electrons. The summed E-state index contributed by atoms with van der Waals surface area (Å²) in [5.41, 5.74) is 1.25. The van der Waals surface area contributed by atoms with E-state index in [9.17, 15) is 4.79 Å². The molecule has 20 heavy (non-hydrogen) atoms. The van der Waals surface area contributed by atoms with E-state index < -0.39 is 0 Å². The molecule has 1 fully saturated rings. The third-order valence-electron chi connectivity index (χ3n) is 3.97. The van der Waals surface area contributed by atoms with E-state index in [-0.39, 0.29) is 5.91 Å². The van der Waals surface area contributed by atoms with Gasteiger partial charge in [-0.2, -0.15) is 0 Å². The standard InChI is InChI=1S/C16H23ClN2O/c1-3-16(20)19-8-7-15(11-19)18-10-12(2)13-5-4-6-14(17)9-13/h4-6,9,12,15,18H,3,7-8,10-11H2,1-2H3. The molecule has 0 saturated carbocycles. The molecule has 0 aromatic heterocycles. The summed E-state index contributed by atoms with van der Waals surface area (Å²) in [7, 11) is 0. The average Bonchev–Trinajstić information content (AvgIpc) is 2.92. The van der Waals surface area contributed by atoms with E-state index in [0.29, 0.717) is 18.4 Å². The van der Waals surface area contributed by atoms with Crippen LogP contribution in [0.1, 0.15) is 38.2 Å². The third-order valence-corrected chi connectivity index (χ3v) is 4.21. The molecule has 1 aliphatic rings. The van der Waals surface area contributed by atoms with Gasteiger partial charge in [0.25, 0.3) is 0 Å². The first kappa shape index (κ1) is 15.3. The number of carbonyl (C=O) groups is 1. The molecule has 3 nitrogen and oxygen atoms in total. The van der Waals surface area contributed by atoms with Crippen molar-refractivity contribution < 1.29 is 4.79 Å². The number of halogens is 1. The quantitative estimate of drug-likeness (QED) is 0.905. The number of amides is 1. The molecule has 2 rings (SSSR count). The molecule has 2 unspecified atom stereocenters. The Morgan fingerprint density at radius 2 is 2.35 bits per heavy atom. The Kier molecular flexibility index (Phi) is 5.44. The molecule has 1 aliphatic heterocycles. The molecule has 0 aliphatic carbocycles. The van der Waals surface area contributed by atoms with Crippen molar-refractivity contribution >= 4 is 17.5 Å². The summed E-state index contributed by atoms with van der Waals surface area (Å²) in [6.07, 6.45) is 1.65. The van der Waals surface area contributed by atoms with E-state index >= 15 is 0 Å². The van der Waals surface area contributed by atoms with Crippen LogP contribution < -0.4 is 5.32 Å². The van der Waals surface area contributed by atoms with Crippen LogP contribution in [0.25, 0.3) is 0 Å². The Morgan fingerprint density at radius 3 is 3.05 bits per heavy atom. The van der Waals surface area contributed by atoms with Crippen LogP contribution in [0.5, 0.6) is 0 Å². The number of benzene rings is 1. The molecule has 0 radical (unpaired) electrons. The van der Waals surface area contributed by atoms with Gasteiger partial charge in [0.2, 0.25) is 5.91 Å². The van der Waals surface area contributed by atoms with E-state index in [1.807, 2.05) is 30.0 Å². The fourth-order valence-corrected chi connectivity index (χ4v) is 2.85. The van der Waals surface area contributed by atoms with Crippen molar-refractivity contribution in [3.8, 4) is 0 Å².